The van der Waals surface area contributed by atoms with Gasteiger partial charge < -0.3 is 29.0 Å². The molecular formula is C23H37NO10. The third-order valence-electron chi connectivity index (χ3n) is 5.33. The van der Waals surface area contributed by atoms with E-state index >= 15 is 0 Å². The minimum atomic E-state index is -1.21. The first-order chi connectivity index (χ1) is 15.4. The molecule has 1 heterocycles. The molecule has 0 saturated carbocycles. The minimum absolute atomic E-state index is 0.0346. The number of nitrogens with one attached hydrogen (secondary N) is 1. The topological polar surface area (TPSA) is 144 Å². The summed E-state index contributed by atoms with van der Waals surface area (Å²) in [6.07, 6.45) is -4.36. The van der Waals surface area contributed by atoms with Crippen molar-refractivity contribution in [2.45, 2.75) is 105 Å². The highest BCUT2D eigenvalue weighted by molar-refractivity contribution is 5.81. The third-order valence-corrected chi connectivity index (χ3v) is 5.33. The van der Waals surface area contributed by atoms with Crippen molar-refractivity contribution in [2.75, 3.05) is 6.61 Å². The van der Waals surface area contributed by atoms with Gasteiger partial charge in [0, 0.05) is 33.1 Å². The number of ether oxygens (including phenoxy) is 5. The van der Waals surface area contributed by atoms with E-state index < -0.39 is 65.5 Å². The lowest BCUT2D eigenvalue weighted by Crippen LogP contribution is -2.67. The zero-order valence-electron chi connectivity index (χ0n) is 21.4. The van der Waals surface area contributed by atoms with Crippen molar-refractivity contribution < 1.29 is 47.7 Å². The van der Waals surface area contributed by atoms with E-state index in [2.05, 4.69) is 5.32 Å². The number of hydrogen-bond acceptors (Lipinski definition) is 10. The molecule has 0 aromatic rings. The summed E-state index contributed by atoms with van der Waals surface area (Å²) in [5, 5.41) is 2.65. The average Bonchev–Trinajstić information content (AvgIpc) is 2.62. The van der Waals surface area contributed by atoms with Gasteiger partial charge in [-0.05, 0) is 27.2 Å². The molecule has 5 unspecified atom stereocenters. The summed E-state index contributed by atoms with van der Waals surface area (Å²) in [6.45, 7) is 13.0. The maximum Gasteiger partial charge on any atom is 0.303 e. The van der Waals surface area contributed by atoms with Crippen molar-refractivity contribution in [3.8, 4) is 0 Å². The van der Waals surface area contributed by atoms with Crippen LogP contribution in [0.1, 0.15) is 68.7 Å². The molecule has 34 heavy (non-hydrogen) atoms. The van der Waals surface area contributed by atoms with Gasteiger partial charge in [0.2, 0.25) is 5.91 Å². The maximum atomic E-state index is 12.1. The van der Waals surface area contributed by atoms with Crippen LogP contribution in [0.5, 0.6) is 0 Å². The van der Waals surface area contributed by atoms with Crippen molar-refractivity contribution in [1.29, 1.82) is 0 Å². The lowest BCUT2D eigenvalue weighted by Gasteiger charge is -2.47. The summed E-state index contributed by atoms with van der Waals surface area (Å²) < 4.78 is 28.1. The standard InChI is InChI=1S/C23H37NO10/c1-12(25)22(6,7)11-23(8,9)34-21-18(24-13(2)26)20(32-16(5)29)19(31-15(4)28)17(33-21)10-30-14(3)27/h17-21H,10-11H2,1-9H3,(H,24,26). The van der Waals surface area contributed by atoms with Crippen LogP contribution in [0.25, 0.3) is 0 Å². The summed E-state index contributed by atoms with van der Waals surface area (Å²) in [4.78, 5) is 59.2. The zero-order chi connectivity index (χ0) is 26.4. The van der Waals surface area contributed by atoms with Crippen LogP contribution in [-0.2, 0) is 47.7 Å². The van der Waals surface area contributed by atoms with E-state index in [0.29, 0.717) is 6.42 Å². The molecule has 1 aliphatic heterocycles. The van der Waals surface area contributed by atoms with Crippen molar-refractivity contribution in [2.24, 2.45) is 5.41 Å². The number of amides is 1. The molecule has 0 aromatic carbocycles. The molecule has 1 saturated heterocycles. The molecule has 0 spiro atoms. The lowest BCUT2D eigenvalue weighted by atomic mass is 9.79. The Balaban J connectivity index is 3.43. The Hall–Kier alpha value is -2.53. The molecule has 11 nitrogen and oxygen atoms in total. The van der Waals surface area contributed by atoms with Crippen LogP contribution in [0.15, 0.2) is 0 Å². The van der Waals surface area contributed by atoms with E-state index in [-0.39, 0.29) is 12.4 Å². The number of Topliss-reactive ketones (excluding diaryl/α,β-unsaturated/α-hetero) is 1. The minimum Gasteiger partial charge on any atom is -0.463 e. The van der Waals surface area contributed by atoms with Gasteiger partial charge in [0.05, 0.1) is 5.60 Å². The fraction of sp³-hybridized carbons (Fsp3) is 0.783. The predicted molar refractivity (Wildman–Crippen MR) is 118 cm³/mol. The highest BCUT2D eigenvalue weighted by Gasteiger charge is 2.52. The van der Waals surface area contributed by atoms with Crippen LogP contribution in [0, 0.1) is 5.41 Å². The van der Waals surface area contributed by atoms with E-state index in [0.717, 1.165) is 6.92 Å². The second kappa shape index (κ2) is 11.7. The Morgan fingerprint density at radius 1 is 0.824 bits per heavy atom. The van der Waals surface area contributed by atoms with Gasteiger partial charge in [-0.1, -0.05) is 13.8 Å². The van der Waals surface area contributed by atoms with Gasteiger partial charge in [0.25, 0.3) is 0 Å². The second-order valence-electron chi connectivity index (χ2n) is 9.71. The highest BCUT2D eigenvalue weighted by Crippen LogP contribution is 2.35. The van der Waals surface area contributed by atoms with E-state index in [4.69, 9.17) is 23.7 Å². The highest BCUT2D eigenvalue weighted by atomic mass is 16.7. The summed E-state index contributed by atoms with van der Waals surface area (Å²) in [5.74, 6) is -2.49. The molecule has 1 N–H and O–H groups in total. The van der Waals surface area contributed by atoms with E-state index in [9.17, 15) is 24.0 Å². The number of hydrogen-bond donors (Lipinski definition) is 1. The van der Waals surface area contributed by atoms with Crippen LogP contribution in [0.3, 0.4) is 0 Å². The average molecular weight is 488 g/mol. The van der Waals surface area contributed by atoms with E-state index in [1.165, 1.54) is 27.7 Å². The van der Waals surface area contributed by atoms with Crippen LogP contribution < -0.4 is 5.32 Å². The molecule has 5 atom stereocenters. The fourth-order valence-electron chi connectivity index (χ4n) is 3.94. The smallest absolute Gasteiger partial charge is 0.303 e. The van der Waals surface area contributed by atoms with Crippen LogP contribution in [0.4, 0.5) is 0 Å². The number of carbonyl (C=O) groups excluding carboxylic acids is 5. The molecular weight excluding hydrogens is 450 g/mol. The molecule has 0 aliphatic carbocycles. The SMILES string of the molecule is CC(=O)NC1C(OC(C)(C)CC(C)(C)C(C)=O)OC(COC(C)=O)C(OC(C)=O)C1OC(C)=O. The largest absolute Gasteiger partial charge is 0.463 e. The van der Waals surface area contributed by atoms with Gasteiger partial charge in [-0.15, -0.1) is 0 Å². The number of esters is 3. The van der Waals surface area contributed by atoms with Gasteiger partial charge in [0.15, 0.2) is 18.5 Å². The van der Waals surface area contributed by atoms with Gasteiger partial charge in [-0.2, -0.15) is 0 Å². The number of carbonyl (C=O) groups is 5. The van der Waals surface area contributed by atoms with Gasteiger partial charge in [0.1, 0.15) is 24.5 Å². The molecule has 194 valence electrons. The normalized spacial score (nSPS) is 25.1. The van der Waals surface area contributed by atoms with Crippen molar-refractivity contribution in [3.05, 3.63) is 0 Å². The Morgan fingerprint density at radius 3 is 1.79 bits per heavy atom. The first-order valence-electron chi connectivity index (χ1n) is 11.0. The van der Waals surface area contributed by atoms with Gasteiger partial charge >= 0.3 is 17.9 Å². The first kappa shape index (κ1) is 29.5. The summed E-state index contributed by atoms with van der Waals surface area (Å²) in [6, 6.07) is -1.07. The second-order valence-corrected chi connectivity index (χ2v) is 9.71. The Morgan fingerprint density at radius 2 is 1.35 bits per heavy atom. The summed E-state index contributed by atoms with van der Waals surface area (Å²) in [7, 11) is 0. The van der Waals surface area contributed by atoms with Crippen molar-refractivity contribution >= 4 is 29.6 Å². The lowest BCUT2D eigenvalue weighted by molar-refractivity contribution is -0.302. The molecule has 1 rings (SSSR count). The number of ketones is 1. The molecule has 0 bridgehead atoms. The van der Waals surface area contributed by atoms with Gasteiger partial charge in [-0.3, -0.25) is 24.0 Å². The molecule has 11 heteroatoms. The van der Waals surface area contributed by atoms with Crippen molar-refractivity contribution in [3.63, 3.8) is 0 Å². The molecule has 0 radical (unpaired) electrons. The van der Waals surface area contributed by atoms with E-state index in [1.54, 1.807) is 27.7 Å². The predicted octanol–water partition coefficient (Wildman–Crippen LogP) is 1.44. The van der Waals surface area contributed by atoms with Gasteiger partial charge in [-0.25, -0.2) is 0 Å². The monoisotopic (exact) mass is 487 g/mol. The number of rotatable bonds is 10. The summed E-state index contributed by atoms with van der Waals surface area (Å²) >= 11 is 0. The van der Waals surface area contributed by atoms with Crippen LogP contribution in [0.2, 0.25) is 0 Å². The molecule has 1 amide bonds. The molecule has 1 fully saturated rings. The Bertz CT molecular complexity index is 791. The third kappa shape index (κ3) is 9.02. The molecule has 1 aliphatic rings. The summed E-state index contributed by atoms with van der Waals surface area (Å²) in [5.41, 5.74) is -1.65. The van der Waals surface area contributed by atoms with Crippen LogP contribution >= 0.6 is 0 Å². The van der Waals surface area contributed by atoms with E-state index in [1.807, 2.05) is 0 Å². The fourth-order valence-corrected chi connectivity index (χ4v) is 3.94. The van der Waals surface area contributed by atoms with Crippen LogP contribution in [-0.4, -0.2) is 72.5 Å². The Labute approximate surface area is 200 Å². The zero-order valence-corrected chi connectivity index (χ0v) is 21.4. The Kier molecular flexibility index (Phi) is 10.2. The first-order valence-corrected chi connectivity index (χ1v) is 11.0. The maximum absolute atomic E-state index is 12.1. The quantitative estimate of drug-likeness (QED) is 0.355. The van der Waals surface area contributed by atoms with Crippen molar-refractivity contribution in [1.82, 2.24) is 5.32 Å². The molecule has 0 aromatic heterocycles.